The van der Waals surface area contributed by atoms with Crippen LogP contribution in [0.2, 0.25) is 0 Å². The smallest absolute Gasteiger partial charge is 0.324 e. The Hall–Kier alpha value is -2.28. The fourth-order valence-corrected chi connectivity index (χ4v) is 3.71. The van der Waals surface area contributed by atoms with Gasteiger partial charge >= 0.3 is 6.03 Å². The van der Waals surface area contributed by atoms with Gasteiger partial charge in [0.05, 0.1) is 19.3 Å². The van der Waals surface area contributed by atoms with Crippen LogP contribution in [0.1, 0.15) is 30.9 Å². The average Bonchev–Trinajstić information content (AvgIpc) is 3.22. The van der Waals surface area contributed by atoms with E-state index in [1.165, 1.54) is 11.3 Å². The molecule has 2 amide bonds. The number of likely N-dealkylation sites (tertiary alicyclic amines) is 1. The number of nitrogens with zero attached hydrogens (tertiary/aromatic N) is 2. The molecule has 0 bridgehead atoms. The molecule has 3 heterocycles. The Morgan fingerprint density at radius 1 is 1.25 bits per heavy atom. The summed E-state index contributed by atoms with van der Waals surface area (Å²) in [5.74, 6) is 1.56. The Labute approximate surface area is 144 Å². The van der Waals surface area contributed by atoms with E-state index in [4.69, 9.17) is 9.47 Å². The summed E-state index contributed by atoms with van der Waals surface area (Å²) in [6.07, 6.45) is 4.51. The first-order valence-corrected chi connectivity index (χ1v) is 9.06. The summed E-state index contributed by atoms with van der Waals surface area (Å²) >= 11 is 1.42. The highest BCUT2D eigenvalue weighted by molar-refractivity contribution is 7.13. The van der Waals surface area contributed by atoms with E-state index in [2.05, 4.69) is 10.3 Å². The lowest BCUT2D eigenvalue weighted by molar-refractivity contribution is 0.207. The maximum absolute atomic E-state index is 12.6. The molecule has 0 aliphatic carbocycles. The number of rotatable bonds is 2. The SMILES string of the molecule is O=C(Nc1nccs1)N1CCC[C@@H]1c1ccc2c(c1)OCCCO2. The van der Waals surface area contributed by atoms with Gasteiger partial charge in [-0.1, -0.05) is 6.07 Å². The third-order valence-corrected chi connectivity index (χ3v) is 5.00. The zero-order valence-corrected chi connectivity index (χ0v) is 14.1. The van der Waals surface area contributed by atoms with Crippen LogP contribution < -0.4 is 14.8 Å². The van der Waals surface area contributed by atoms with Crippen molar-refractivity contribution in [3.8, 4) is 11.5 Å². The number of nitrogens with one attached hydrogen (secondary N) is 1. The summed E-state index contributed by atoms with van der Waals surface area (Å²) in [6, 6.07) is 5.96. The lowest BCUT2D eigenvalue weighted by atomic mass is 10.0. The third kappa shape index (κ3) is 3.03. The van der Waals surface area contributed by atoms with Crippen molar-refractivity contribution in [2.75, 3.05) is 25.1 Å². The first-order chi connectivity index (χ1) is 11.8. The van der Waals surface area contributed by atoms with Crippen LogP contribution in [0.3, 0.4) is 0 Å². The summed E-state index contributed by atoms with van der Waals surface area (Å²) in [6.45, 7) is 2.09. The molecular weight excluding hydrogens is 326 g/mol. The maximum atomic E-state index is 12.6. The molecule has 1 N–H and O–H groups in total. The van der Waals surface area contributed by atoms with Gasteiger partial charge in [-0.15, -0.1) is 11.3 Å². The standard InChI is InChI=1S/C17H19N3O3S/c21-17(19-16-18-6-10-24-16)20-7-1-3-13(20)12-4-5-14-15(11-12)23-9-2-8-22-14/h4-6,10-11,13H,1-3,7-9H2,(H,18,19,21)/t13-/m1/s1. The number of benzene rings is 1. The number of thiazole rings is 1. The lowest BCUT2D eigenvalue weighted by Crippen LogP contribution is -2.34. The molecule has 24 heavy (non-hydrogen) atoms. The van der Waals surface area contributed by atoms with Crippen LogP contribution in [-0.4, -0.2) is 35.7 Å². The Morgan fingerprint density at radius 3 is 2.96 bits per heavy atom. The molecule has 1 aromatic heterocycles. The molecule has 1 atom stereocenters. The largest absolute Gasteiger partial charge is 0.490 e. The number of fused-ring (bicyclic) bond motifs is 1. The molecule has 0 saturated carbocycles. The molecule has 0 radical (unpaired) electrons. The van der Waals surface area contributed by atoms with Gasteiger partial charge in [-0.05, 0) is 30.5 Å². The van der Waals surface area contributed by atoms with Gasteiger partial charge in [0, 0.05) is 24.5 Å². The van der Waals surface area contributed by atoms with E-state index in [-0.39, 0.29) is 12.1 Å². The highest BCUT2D eigenvalue weighted by atomic mass is 32.1. The molecular formula is C17H19N3O3S. The number of hydrogen-bond acceptors (Lipinski definition) is 5. The number of anilines is 1. The van der Waals surface area contributed by atoms with Crippen LogP contribution in [0, 0.1) is 0 Å². The average molecular weight is 345 g/mol. The normalized spacial score (nSPS) is 19.8. The van der Waals surface area contributed by atoms with E-state index in [1.807, 2.05) is 28.5 Å². The molecule has 1 saturated heterocycles. The second-order valence-electron chi connectivity index (χ2n) is 5.88. The molecule has 126 valence electrons. The monoisotopic (exact) mass is 345 g/mol. The number of ether oxygens (including phenoxy) is 2. The molecule has 1 aromatic carbocycles. The van der Waals surface area contributed by atoms with Gasteiger partial charge in [0.25, 0.3) is 0 Å². The summed E-state index contributed by atoms with van der Waals surface area (Å²) in [5, 5.41) is 5.35. The predicted octanol–water partition coefficient (Wildman–Crippen LogP) is 3.67. The highest BCUT2D eigenvalue weighted by Gasteiger charge is 2.31. The van der Waals surface area contributed by atoms with Crippen molar-refractivity contribution in [2.45, 2.75) is 25.3 Å². The Bertz CT molecular complexity index is 720. The number of hydrogen-bond donors (Lipinski definition) is 1. The molecule has 7 heteroatoms. The van der Waals surface area contributed by atoms with E-state index in [0.717, 1.165) is 42.9 Å². The number of urea groups is 1. The van der Waals surface area contributed by atoms with Crippen molar-refractivity contribution in [3.63, 3.8) is 0 Å². The van der Waals surface area contributed by atoms with Crippen molar-refractivity contribution in [2.24, 2.45) is 0 Å². The zero-order chi connectivity index (χ0) is 16.4. The topological polar surface area (TPSA) is 63.7 Å². The van der Waals surface area contributed by atoms with E-state index in [0.29, 0.717) is 18.3 Å². The van der Waals surface area contributed by atoms with Gasteiger partial charge in [-0.3, -0.25) is 5.32 Å². The first-order valence-electron chi connectivity index (χ1n) is 8.18. The fraction of sp³-hybridized carbons (Fsp3) is 0.412. The van der Waals surface area contributed by atoms with Crippen molar-refractivity contribution in [1.82, 2.24) is 9.88 Å². The van der Waals surface area contributed by atoms with Crippen LogP contribution in [0.4, 0.5) is 9.93 Å². The Morgan fingerprint density at radius 2 is 2.12 bits per heavy atom. The van der Waals surface area contributed by atoms with Gasteiger partial charge in [-0.2, -0.15) is 0 Å². The van der Waals surface area contributed by atoms with E-state index < -0.39 is 0 Å². The molecule has 1 fully saturated rings. The zero-order valence-electron chi connectivity index (χ0n) is 13.2. The Balaban J connectivity index is 1.54. The minimum absolute atomic E-state index is 0.0575. The van der Waals surface area contributed by atoms with Gasteiger partial charge in [0.1, 0.15) is 0 Å². The number of aromatic nitrogens is 1. The number of amides is 2. The summed E-state index contributed by atoms with van der Waals surface area (Å²) in [7, 11) is 0. The van der Waals surface area contributed by atoms with Crippen molar-refractivity contribution < 1.29 is 14.3 Å². The lowest BCUT2D eigenvalue weighted by Gasteiger charge is -2.25. The van der Waals surface area contributed by atoms with Crippen molar-refractivity contribution in [1.29, 1.82) is 0 Å². The molecule has 6 nitrogen and oxygen atoms in total. The molecule has 2 aromatic rings. The number of carbonyl (C=O) groups excluding carboxylic acids is 1. The van der Waals surface area contributed by atoms with Crippen LogP contribution in [0.5, 0.6) is 11.5 Å². The van der Waals surface area contributed by atoms with Gasteiger partial charge in [0.2, 0.25) is 0 Å². The van der Waals surface area contributed by atoms with E-state index in [1.54, 1.807) is 6.20 Å². The second-order valence-corrected chi connectivity index (χ2v) is 6.77. The predicted molar refractivity (Wildman–Crippen MR) is 91.9 cm³/mol. The van der Waals surface area contributed by atoms with E-state index in [9.17, 15) is 4.79 Å². The Kier molecular flexibility index (Phi) is 4.25. The third-order valence-electron chi connectivity index (χ3n) is 4.32. The fourth-order valence-electron chi connectivity index (χ4n) is 3.19. The van der Waals surface area contributed by atoms with E-state index >= 15 is 0 Å². The molecule has 0 unspecified atom stereocenters. The quantitative estimate of drug-likeness (QED) is 0.902. The van der Waals surface area contributed by atoms with Gasteiger partial charge in [-0.25, -0.2) is 9.78 Å². The van der Waals surface area contributed by atoms with Gasteiger partial charge < -0.3 is 14.4 Å². The van der Waals surface area contributed by atoms with Crippen LogP contribution in [0.15, 0.2) is 29.8 Å². The number of carbonyl (C=O) groups is 1. The summed E-state index contributed by atoms with van der Waals surface area (Å²) in [4.78, 5) is 18.6. The minimum Gasteiger partial charge on any atom is -0.490 e. The summed E-state index contributed by atoms with van der Waals surface area (Å²) in [5.41, 5.74) is 1.09. The summed E-state index contributed by atoms with van der Waals surface area (Å²) < 4.78 is 11.5. The molecule has 0 spiro atoms. The molecule has 2 aliphatic heterocycles. The van der Waals surface area contributed by atoms with Crippen molar-refractivity contribution >= 4 is 22.5 Å². The molecule has 4 rings (SSSR count). The van der Waals surface area contributed by atoms with Crippen LogP contribution in [-0.2, 0) is 0 Å². The minimum atomic E-state index is -0.0976. The maximum Gasteiger partial charge on any atom is 0.324 e. The van der Waals surface area contributed by atoms with Crippen molar-refractivity contribution in [3.05, 3.63) is 35.3 Å². The first kappa shape index (κ1) is 15.3. The van der Waals surface area contributed by atoms with Crippen LogP contribution >= 0.6 is 11.3 Å². The van der Waals surface area contributed by atoms with Gasteiger partial charge in [0.15, 0.2) is 16.6 Å². The highest BCUT2D eigenvalue weighted by Crippen LogP contribution is 2.38. The second kappa shape index (κ2) is 6.68. The van der Waals surface area contributed by atoms with Crippen LogP contribution in [0.25, 0.3) is 0 Å². The molecule has 2 aliphatic rings.